The molecule has 5 rings (SSSR count). The second kappa shape index (κ2) is 8.97. The molecule has 2 aromatic carbocycles. The van der Waals surface area contributed by atoms with Gasteiger partial charge < -0.3 is 14.5 Å². The molecule has 1 N–H and O–H groups in total. The lowest BCUT2D eigenvalue weighted by Gasteiger charge is -2.15. The summed E-state index contributed by atoms with van der Waals surface area (Å²) >= 11 is 7.34. The summed E-state index contributed by atoms with van der Waals surface area (Å²) in [6.45, 7) is 1.05. The number of fused-ring (bicyclic) bond motifs is 3. The standard InChI is InChI=1S/C23H20ClN3O4S/c24-16-8-2-3-9-17(16)25-19(28)13-32-23-26-20-15-7-1-4-10-18(15)31-21(20)22(29)27(23)12-14-6-5-11-30-14/h1-4,7-10,14H,5-6,11-13H2,(H,25,28). The number of rotatable bonds is 6. The second-order valence-electron chi connectivity index (χ2n) is 7.54. The van der Waals surface area contributed by atoms with Crippen LogP contribution in [-0.4, -0.2) is 33.9 Å². The fourth-order valence-corrected chi connectivity index (χ4v) is 4.78. The smallest absolute Gasteiger partial charge is 0.297 e. The zero-order chi connectivity index (χ0) is 22.1. The van der Waals surface area contributed by atoms with Crippen LogP contribution in [0.2, 0.25) is 5.02 Å². The van der Waals surface area contributed by atoms with Crippen molar-refractivity contribution in [3.63, 3.8) is 0 Å². The number of furan rings is 1. The molecule has 32 heavy (non-hydrogen) atoms. The van der Waals surface area contributed by atoms with Gasteiger partial charge in [0.2, 0.25) is 11.5 Å². The molecular formula is C23H20ClN3O4S. The van der Waals surface area contributed by atoms with E-state index in [9.17, 15) is 9.59 Å². The molecule has 1 aliphatic rings. The Morgan fingerprint density at radius 2 is 2.03 bits per heavy atom. The number of ether oxygens (including phenoxy) is 1. The molecule has 7 nitrogen and oxygen atoms in total. The maximum absolute atomic E-state index is 13.3. The molecule has 164 valence electrons. The minimum Gasteiger partial charge on any atom is -0.448 e. The molecular weight excluding hydrogens is 450 g/mol. The number of carbonyl (C=O) groups excluding carboxylic acids is 1. The quantitative estimate of drug-likeness (QED) is 0.325. The average molecular weight is 470 g/mol. The van der Waals surface area contributed by atoms with Gasteiger partial charge in [0.15, 0.2) is 5.16 Å². The van der Waals surface area contributed by atoms with E-state index in [0.717, 1.165) is 18.2 Å². The van der Waals surface area contributed by atoms with Gasteiger partial charge in [0.1, 0.15) is 11.1 Å². The molecule has 0 spiro atoms. The van der Waals surface area contributed by atoms with Crippen LogP contribution in [0.15, 0.2) is 62.9 Å². The SMILES string of the molecule is O=C(CSc1nc2c(oc3ccccc32)c(=O)n1CC1CCCO1)Nc1ccccc1Cl. The zero-order valence-corrected chi connectivity index (χ0v) is 18.6. The summed E-state index contributed by atoms with van der Waals surface area (Å²) in [7, 11) is 0. The van der Waals surface area contributed by atoms with Crippen molar-refractivity contribution < 1.29 is 13.9 Å². The fraction of sp³-hybridized carbons (Fsp3) is 0.261. The Bertz CT molecular complexity index is 1360. The molecule has 2 aromatic heterocycles. The first-order valence-electron chi connectivity index (χ1n) is 10.3. The molecule has 9 heteroatoms. The van der Waals surface area contributed by atoms with Crippen molar-refractivity contribution in [2.75, 3.05) is 17.7 Å². The van der Waals surface area contributed by atoms with Crippen LogP contribution in [0.5, 0.6) is 0 Å². The van der Waals surface area contributed by atoms with Gasteiger partial charge in [-0.05, 0) is 37.1 Å². The highest BCUT2D eigenvalue weighted by Crippen LogP contribution is 2.28. The monoisotopic (exact) mass is 469 g/mol. The van der Waals surface area contributed by atoms with Gasteiger partial charge in [-0.1, -0.05) is 47.6 Å². The predicted molar refractivity (Wildman–Crippen MR) is 126 cm³/mol. The van der Waals surface area contributed by atoms with Crippen molar-refractivity contribution in [1.29, 1.82) is 0 Å². The van der Waals surface area contributed by atoms with Crippen molar-refractivity contribution >= 4 is 57.0 Å². The lowest BCUT2D eigenvalue weighted by molar-refractivity contribution is -0.113. The molecule has 1 saturated heterocycles. The Labute approximate surface area is 192 Å². The Kier molecular flexibility index (Phi) is 5.91. The van der Waals surface area contributed by atoms with Crippen molar-refractivity contribution in [3.05, 3.63) is 63.9 Å². The van der Waals surface area contributed by atoms with E-state index in [1.54, 1.807) is 28.8 Å². The van der Waals surface area contributed by atoms with E-state index in [2.05, 4.69) is 5.32 Å². The predicted octanol–water partition coefficient (Wildman–Crippen LogP) is 4.71. The second-order valence-corrected chi connectivity index (χ2v) is 8.89. The average Bonchev–Trinajstić information content (AvgIpc) is 3.44. The third-order valence-electron chi connectivity index (χ3n) is 5.34. The lowest BCUT2D eigenvalue weighted by Crippen LogP contribution is -2.29. The van der Waals surface area contributed by atoms with E-state index in [4.69, 9.17) is 25.7 Å². The number of para-hydroxylation sites is 2. The molecule has 3 heterocycles. The van der Waals surface area contributed by atoms with E-state index in [-0.39, 0.29) is 28.9 Å². The number of anilines is 1. The van der Waals surface area contributed by atoms with Gasteiger partial charge in [0.05, 0.1) is 29.1 Å². The van der Waals surface area contributed by atoms with Crippen LogP contribution in [0.4, 0.5) is 5.69 Å². The summed E-state index contributed by atoms with van der Waals surface area (Å²) in [6, 6.07) is 14.5. The van der Waals surface area contributed by atoms with E-state index in [1.807, 2.05) is 24.3 Å². The highest BCUT2D eigenvalue weighted by molar-refractivity contribution is 7.99. The first-order chi connectivity index (χ1) is 15.6. The van der Waals surface area contributed by atoms with Crippen LogP contribution >= 0.6 is 23.4 Å². The van der Waals surface area contributed by atoms with Crippen molar-refractivity contribution in [3.8, 4) is 0 Å². The van der Waals surface area contributed by atoms with Crippen LogP contribution in [0, 0.1) is 0 Å². The van der Waals surface area contributed by atoms with Crippen LogP contribution in [0.25, 0.3) is 22.1 Å². The number of benzene rings is 2. The Morgan fingerprint density at radius 3 is 2.84 bits per heavy atom. The Hall–Kier alpha value is -2.81. The molecule has 0 bridgehead atoms. The molecule has 1 unspecified atom stereocenters. The summed E-state index contributed by atoms with van der Waals surface area (Å²) in [5.41, 5.74) is 1.60. The van der Waals surface area contributed by atoms with Gasteiger partial charge in [-0.15, -0.1) is 0 Å². The molecule has 0 radical (unpaired) electrons. The number of aromatic nitrogens is 2. The van der Waals surface area contributed by atoms with Gasteiger partial charge in [-0.25, -0.2) is 4.98 Å². The van der Waals surface area contributed by atoms with E-state index in [1.165, 1.54) is 11.8 Å². The summed E-state index contributed by atoms with van der Waals surface area (Å²) in [6.07, 6.45) is 1.78. The Balaban J connectivity index is 1.48. The number of nitrogens with one attached hydrogen (secondary N) is 1. The highest BCUT2D eigenvalue weighted by atomic mass is 35.5. The number of amides is 1. The highest BCUT2D eigenvalue weighted by Gasteiger charge is 2.23. The minimum absolute atomic E-state index is 0.0624. The van der Waals surface area contributed by atoms with E-state index >= 15 is 0 Å². The minimum atomic E-state index is -0.268. The number of nitrogens with zero attached hydrogens (tertiary/aromatic N) is 2. The summed E-state index contributed by atoms with van der Waals surface area (Å²) < 4.78 is 13.1. The summed E-state index contributed by atoms with van der Waals surface area (Å²) in [5, 5.41) is 4.49. The van der Waals surface area contributed by atoms with Gasteiger partial charge in [-0.3, -0.25) is 14.2 Å². The fourth-order valence-electron chi connectivity index (χ4n) is 3.80. The third-order valence-corrected chi connectivity index (χ3v) is 6.64. The third kappa shape index (κ3) is 4.13. The molecule has 1 amide bonds. The molecule has 0 saturated carbocycles. The van der Waals surface area contributed by atoms with Crippen LogP contribution in [-0.2, 0) is 16.1 Å². The number of thioether (sulfide) groups is 1. The van der Waals surface area contributed by atoms with Gasteiger partial charge in [0.25, 0.3) is 5.56 Å². The maximum atomic E-state index is 13.3. The largest absolute Gasteiger partial charge is 0.448 e. The molecule has 1 atom stereocenters. The van der Waals surface area contributed by atoms with Crippen LogP contribution < -0.4 is 10.9 Å². The molecule has 0 aliphatic carbocycles. The first kappa shape index (κ1) is 21.1. The van der Waals surface area contributed by atoms with E-state index < -0.39 is 0 Å². The van der Waals surface area contributed by atoms with Gasteiger partial charge in [-0.2, -0.15) is 0 Å². The maximum Gasteiger partial charge on any atom is 0.297 e. The summed E-state index contributed by atoms with van der Waals surface area (Å²) in [4.78, 5) is 30.6. The number of carbonyl (C=O) groups is 1. The lowest BCUT2D eigenvalue weighted by atomic mass is 10.2. The Morgan fingerprint density at radius 1 is 1.22 bits per heavy atom. The summed E-state index contributed by atoms with van der Waals surface area (Å²) in [5.74, 6) is -0.164. The molecule has 4 aromatic rings. The van der Waals surface area contributed by atoms with Crippen LogP contribution in [0.3, 0.4) is 0 Å². The van der Waals surface area contributed by atoms with Crippen molar-refractivity contribution in [2.45, 2.75) is 30.6 Å². The van der Waals surface area contributed by atoms with Gasteiger partial charge in [0, 0.05) is 12.0 Å². The normalized spacial score (nSPS) is 16.1. The number of hydrogen-bond acceptors (Lipinski definition) is 6. The van der Waals surface area contributed by atoms with Crippen molar-refractivity contribution in [2.24, 2.45) is 0 Å². The van der Waals surface area contributed by atoms with E-state index in [0.29, 0.717) is 40.1 Å². The topological polar surface area (TPSA) is 86.4 Å². The van der Waals surface area contributed by atoms with Gasteiger partial charge >= 0.3 is 0 Å². The number of halogens is 1. The molecule has 1 fully saturated rings. The zero-order valence-electron chi connectivity index (χ0n) is 17.0. The van der Waals surface area contributed by atoms with Crippen molar-refractivity contribution in [1.82, 2.24) is 9.55 Å². The first-order valence-corrected chi connectivity index (χ1v) is 11.7. The van der Waals surface area contributed by atoms with Crippen LogP contribution in [0.1, 0.15) is 12.8 Å². The molecule has 1 aliphatic heterocycles. The number of hydrogen-bond donors (Lipinski definition) is 1.